The van der Waals surface area contributed by atoms with E-state index in [0.29, 0.717) is 34.3 Å². The van der Waals surface area contributed by atoms with Gasteiger partial charge in [-0.2, -0.15) is 0 Å². The van der Waals surface area contributed by atoms with Gasteiger partial charge in [0, 0.05) is 30.5 Å². The zero-order valence-electron chi connectivity index (χ0n) is 20.1. The van der Waals surface area contributed by atoms with Crippen LogP contribution in [0.15, 0.2) is 53.5 Å². The quantitative estimate of drug-likeness (QED) is 0.260. The lowest BCUT2D eigenvalue weighted by Gasteiger charge is -2.17. The number of aliphatic hydroxyl groups excluding tert-OH is 1. The Kier molecular flexibility index (Phi) is 8.61. The average molecular weight is 529 g/mol. The number of cyclic esters (lactones) is 1. The first-order chi connectivity index (χ1) is 17.4. The number of pyridine rings is 1. The molecule has 1 aliphatic rings. The number of halogens is 1. The van der Waals surface area contributed by atoms with E-state index < -0.39 is 6.09 Å². The predicted octanol–water partition coefficient (Wildman–Crippen LogP) is 5.55. The maximum Gasteiger partial charge on any atom is 0.414 e. The van der Waals surface area contributed by atoms with Crippen LogP contribution in [-0.2, 0) is 11.2 Å². The number of carbonyl (C=O) groups excluding carboxylic acids is 2. The second kappa shape index (κ2) is 11.9. The van der Waals surface area contributed by atoms with E-state index in [1.165, 1.54) is 11.3 Å². The summed E-state index contributed by atoms with van der Waals surface area (Å²) in [5.41, 5.74) is 2.98. The number of amides is 1. The summed E-state index contributed by atoms with van der Waals surface area (Å²) < 4.78 is 7.71. The van der Waals surface area contributed by atoms with Gasteiger partial charge in [-0.15, -0.1) is 11.3 Å². The van der Waals surface area contributed by atoms with Gasteiger partial charge in [0.2, 0.25) is 0 Å². The van der Waals surface area contributed by atoms with E-state index in [-0.39, 0.29) is 30.5 Å². The molecule has 4 rings (SSSR count). The first-order valence-electron chi connectivity index (χ1n) is 12.1. The molecule has 0 unspecified atom stereocenters. The number of nitrogens with zero attached hydrogens (tertiary/aromatic N) is 2. The SMILES string of the molecule is Cc1cc(N2C[C@H](CCC(=O)c3ccc(Cl)s3)OC2=O)ccc1-n1cccc(CCCCCO)c1=O. The van der Waals surface area contributed by atoms with Crippen molar-refractivity contribution in [1.29, 1.82) is 0 Å². The Morgan fingerprint density at radius 3 is 2.72 bits per heavy atom. The van der Waals surface area contributed by atoms with Crippen LogP contribution in [0.4, 0.5) is 10.5 Å². The first kappa shape index (κ1) is 26.1. The van der Waals surface area contributed by atoms with Gasteiger partial charge in [0.25, 0.3) is 5.56 Å². The maximum atomic E-state index is 13.0. The highest BCUT2D eigenvalue weighted by molar-refractivity contribution is 7.18. The number of unbranched alkanes of at least 4 members (excludes halogenated alkanes) is 2. The minimum Gasteiger partial charge on any atom is -0.444 e. The summed E-state index contributed by atoms with van der Waals surface area (Å²) in [6, 6.07) is 12.6. The number of thiophene rings is 1. The van der Waals surface area contributed by atoms with Crippen LogP contribution in [0.25, 0.3) is 5.69 Å². The molecule has 1 fully saturated rings. The predicted molar refractivity (Wildman–Crippen MR) is 142 cm³/mol. The van der Waals surface area contributed by atoms with E-state index in [0.717, 1.165) is 36.1 Å². The van der Waals surface area contributed by atoms with Gasteiger partial charge in [-0.3, -0.25) is 19.1 Å². The summed E-state index contributed by atoms with van der Waals surface area (Å²) in [5.74, 6) is -0.0114. The third kappa shape index (κ3) is 6.06. The summed E-state index contributed by atoms with van der Waals surface area (Å²) in [6.45, 7) is 2.43. The fourth-order valence-electron chi connectivity index (χ4n) is 4.36. The number of hydrogen-bond acceptors (Lipinski definition) is 6. The Labute approximate surface area is 218 Å². The van der Waals surface area contributed by atoms with Gasteiger partial charge < -0.3 is 9.84 Å². The molecule has 0 radical (unpaired) electrons. The molecule has 1 atom stereocenters. The van der Waals surface area contributed by atoms with Crippen molar-refractivity contribution in [1.82, 2.24) is 4.57 Å². The molecule has 1 amide bonds. The number of carbonyl (C=O) groups is 2. The molecule has 0 aliphatic carbocycles. The molecule has 1 saturated heterocycles. The lowest BCUT2D eigenvalue weighted by molar-refractivity contribution is 0.0943. The second-order valence-electron chi connectivity index (χ2n) is 8.90. The van der Waals surface area contributed by atoms with Crippen LogP contribution in [0.2, 0.25) is 4.34 Å². The van der Waals surface area contributed by atoms with Crippen LogP contribution in [0, 0.1) is 6.92 Å². The van der Waals surface area contributed by atoms with E-state index in [1.54, 1.807) is 27.8 Å². The number of ether oxygens (including phenoxy) is 1. The number of hydrogen-bond donors (Lipinski definition) is 1. The number of benzene rings is 1. The smallest absolute Gasteiger partial charge is 0.414 e. The van der Waals surface area contributed by atoms with Crippen LogP contribution in [-0.4, -0.2) is 40.8 Å². The van der Waals surface area contributed by atoms with E-state index in [4.69, 9.17) is 21.4 Å². The zero-order chi connectivity index (χ0) is 25.7. The molecule has 2 aromatic heterocycles. The number of Topliss-reactive ketones (excluding diaryl/α,β-unsaturated/α-hetero) is 1. The van der Waals surface area contributed by atoms with Crippen molar-refractivity contribution >= 4 is 40.5 Å². The molecule has 190 valence electrons. The van der Waals surface area contributed by atoms with Gasteiger partial charge in [0.1, 0.15) is 6.10 Å². The van der Waals surface area contributed by atoms with E-state index in [1.807, 2.05) is 37.3 Å². The van der Waals surface area contributed by atoms with E-state index >= 15 is 0 Å². The molecule has 1 N–H and O–H groups in total. The minimum absolute atomic E-state index is 0.0114. The Hall–Kier alpha value is -2.94. The molecule has 3 heterocycles. The van der Waals surface area contributed by atoms with Gasteiger partial charge in [0.15, 0.2) is 5.78 Å². The summed E-state index contributed by atoms with van der Waals surface area (Å²) in [7, 11) is 0. The third-order valence-electron chi connectivity index (χ3n) is 6.30. The monoisotopic (exact) mass is 528 g/mol. The summed E-state index contributed by atoms with van der Waals surface area (Å²) >= 11 is 7.16. The molecule has 0 saturated carbocycles. The number of aromatic nitrogens is 1. The fraction of sp³-hybridized carbons (Fsp3) is 0.370. The number of rotatable bonds is 11. The van der Waals surface area contributed by atoms with Crippen molar-refractivity contribution in [2.45, 2.75) is 51.6 Å². The van der Waals surface area contributed by atoms with Crippen LogP contribution >= 0.6 is 22.9 Å². The average Bonchev–Trinajstić information content (AvgIpc) is 3.47. The first-order valence-corrected chi connectivity index (χ1v) is 13.3. The van der Waals surface area contributed by atoms with Gasteiger partial charge >= 0.3 is 6.09 Å². The fourth-order valence-corrected chi connectivity index (χ4v) is 5.37. The lowest BCUT2D eigenvalue weighted by Crippen LogP contribution is -2.25. The van der Waals surface area contributed by atoms with Gasteiger partial charge in [-0.1, -0.05) is 24.1 Å². The standard InChI is InChI=1S/C27H29ClN2O5S/c1-18-16-20(8-10-22(18)29-14-5-7-19(26(29)33)6-3-2-4-15-31)30-17-21(35-27(30)34)9-11-23(32)24-12-13-25(28)36-24/h5,7-8,10,12-14,16,21,31H,2-4,6,9,11,15,17H2,1H3/t21-/m0/s1. The number of ketones is 1. The minimum atomic E-state index is -0.444. The Bertz CT molecular complexity index is 1300. The maximum absolute atomic E-state index is 13.0. The Morgan fingerprint density at radius 2 is 2.00 bits per heavy atom. The van der Waals surface area contributed by atoms with Gasteiger partial charge in [0.05, 0.1) is 21.4 Å². The highest BCUT2D eigenvalue weighted by Crippen LogP contribution is 2.28. The molecular formula is C27H29ClN2O5S. The molecule has 0 spiro atoms. The van der Waals surface area contributed by atoms with Crippen LogP contribution < -0.4 is 10.5 Å². The Morgan fingerprint density at radius 1 is 1.17 bits per heavy atom. The van der Waals surface area contributed by atoms with Crippen LogP contribution in [0.5, 0.6) is 0 Å². The highest BCUT2D eigenvalue weighted by atomic mass is 35.5. The van der Waals surface area contributed by atoms with Gasteiger partial charge in [-0.25, -0.2) is 4.79 Å². The molecule has 1 aromatic carbocycles. The molecule has 9 heteroatoms. The van der Waals surface area contributed by atoms with Crippen molar-refractivity contribution < 1.29 is 19.4 Å². The number of aliphatic hydroxyl groups is 1. The number of aryl methyl sites for hydroxylation is 2. The topological polar surface area (TPSA) is 88.8 Å². The molecule has 0 bridgehead atoms. The van der Waals surface area contributed by atoms with Gasteiger partial charge in [-0.05, 0) is 74.6 Å². The molecule has 36 heavy (non-hydrogen) atoms. The lowest BCUT2D eigenvalue weighted by atomic mass is 10.1. The number of anilines is 1. The molecular weight excluding hydrogens is 500 g/mol. The normalized spacial score (nSPS) is 15.4. The molecule has 3 aromatic rings. The van der Waals surface area contributed by atoms with Crippen molar-refractivity contribution in [2.75, 3.05) is 18.1 Å². The van der Waals surface area contributed by atoms with Crippen LogP contribution in [0.3, 0.4) is 0 Å². The van der Waals surface area contributed by atoms with Crippen molar-refractivity contribution in [2.24, 2.45) is 0 Å². The third-order valence-corrected chi connectivity index (χ3v) is 7.57. The molecule has 1 aliphatic heterocycles. The van der Waals surface area contributed by atoms with E-state index in [2.05, 4.69) is 0 Å². The molecule has 7 nitrogen and oxygen atoms in total. The van der Waals surface area contributed by atoms with E-state index in [9.17, 15) is 14.4 Å². The Balaban J connectivity index is 1.42. The second-order valence-corrected chi connectivity index (χ2v) is 10.6. The van der Waals surface area contributed by atoms with Crippen molar-refractivity contribution in [3.63, 3.8) is 0 Å². The largest absolute Gasteiger partial charge is 0.444 e. The van der Waals surface area contributed by atoms with Crippen molar-refractivity contribution in [3.05, 3.63) is 79.4 Å². The van der Waals surface area contributed by atoms with Crippen LogP contribution in [0.1, 0.15) is 52.9 Å². The van der Waals surface area contributed by atoms with Crippen molar-refractivity contribution in [3.8, 4) is 5.69 Å². The summed E-state index contributed by atoms with van der Waals surface area (Å²) in [4.78, 5) is 40.1. The highest BCUT2D eigenvalue weighted by Gasteiger charge is 2.33. The summed E-state index contributed by atoms with van der Waals surface area (Å²) in [5, 5.41) is 8.95. The summed E-state index contributed by atoms with van der Waals surface area (Å²) in [6.07, 6.45) is 4.78. The zero-order valence-corrected chi connectivity index (χ0v) is 21.7.